The molecule has 0 saturated carbocycles. The number of aliphatic carboxylic acids is 1. The van der Waals surface area contributed by atoms with E-state index in [1.807, 2.05) is 30.3 Å². The molecule has 2 aromatic rings. The van der Waals surface area contributed by atoms with Crippen LogP contribution in [-0.2, 0) is 11.2 Å². The SMILES string of the molecule is O=C(O)Cc1csc(NCCCOc2ccccc2)n1. The van der Waals surface area contributed by atoms with Crippen LogP contribution in [0.15, 0.2) is 35.7 Å². The van der Waals surface area contributed by atoms with Crippen molar-refractivity contribution in [2.45, 2.75) is 12.8 Å². The summed E-state index contributed by atoms with van der Waals surface area (Å²) in [5, 5.41) is 14.3. The summed E-state index contributed by atoms with van der Waals surface area (Å²) in [6.07, 6.45) is 0.817. The summed E-state index contributed by atoms with van der Waals surface area (Å²) in [7, 11) is 0. The molecule has 106 valence electrons. The Labute approximate surface area is 121 Å². The highest BCUT2D eigenvalue weighted by atomic mass is 32.1. The Morgan fingerprint density at radius 2 is 2.15 bits per heavy atom. The number of nitrogens with zero attached hydrogens (tertiary/aromatic N) is 1. The fraction of sp³-hybridized carbons (Fsp3) is 0.286. The molecule has 2 N–H and O–H groups in total. The first kappa shape index (κ1) is 14.3. The Hall–Kier alpha value is -2.08. The van der Waals surface area contributed by atoms with Crippen molar-refractivity contribution < 1.29 is 14.6 Å². The molecule has 6 heteroatoms. The van der Waals surface area contributed by atoms with Crippen molar-refractivity contribution in [2.75, 3.05) is 18.5 Å². The van der Waals surface area contributed by atoms with Crippen LogP contribution in [0, 0.1) is 0 Å². The van der Waals surface area contributed by atoms with Gasteiger partial charge >= 0.3 is 5.97 Å². The number of benzene rings is 1. The predicted octanol–water partition coefficient (Wildman–Crippen LogP) is 2.65. The van der Waals surface area contributed by atoms with Crippen molar-refractivity contribution in [1.29, 1.82) is 0 Å². The second-order valence-corrected chi connectivity index (χ2v) is 5.01. The highest BCUT2D eigenvalue weighted by Crippen LogP contribution is 2.15. The summed E-state index contributed by atoms with van der Waals surface area (Å²) in [5.41, 5.74) is 0.588. The molecular weight excluding hydrogens is 276 g/mol. The number of anilines is 1. The molecule has 0 bridgehead atoms. The van der Waals surface area contributed by atoms with Crippen LogP contribution in [0.5, 0.6) is 5.75 Å². The van der Waals surface area contributed by atoms with Gasteiger partial charge in [-0.05, 0) is 18.6 Å². The lowest BCUT2D eigenvalue weighted by Gasteiger charge is -2.06. The van der Waals surface area contributed by atoms with Gasteiger partial charge in [-0.25, -0.2) is 4.98 Å². The Balaban J connectivity index is 1.63. The van der Waals surface area contributed by atoms with E-state index in [-0.39, 0.29) is 6.42 Å². The van der Waals surface area contributed by atoms with Crippen molar-refractivity contribution in [2.24, 2.45) is 0 Å². The van der Waals surface area contributed by atoms with Crippen LogP contribution in [0.4, 0.5) is 5.13 Å². The Morgan fingerprint density at radius 3 is 2.90 bits per heavy atom. The zero-order chi connectivity index (χ0) is 14.2. The molecule has 5 nitrogen and oxygen atoms in total. The van der Waals surface area contributed by atoms with Gasteiger partial charge in [0.1, 0.15) is 5.75 Å². The quantitative estimate of drug-likeness (QED) is 0.732. The van der Waals surface area contributed by atoms with Gasteiger partial charge in [-0.1, -0.05) is 18.2 Å². The number of hydrogen-bond acceptors (Lipinski definition) is 5. The first-order chi connectivity index (χ1) is 9.74. The van der Waals surface area contributed by atoms with E-state index in [2.05, 4.69) is 10.3 Å². The number of para-hydroxylation sites is 1. The number of thiazole rings is 1. The fourth-order valence-electron chi connectivity index (χ4n) is 1.60. The Bertz CT molecular complexity index is 542. The number of nitrogens with one attached hydrogen (secondary N) is 1. The van der Waals surface area contributed by atoms with Gasteiger partial charge < -0.3 is 15.2 Å². The molecule has 20 heavy (non-hydrogen) atoms. The third-order valence-corrected chi connectivity index (χ3v) is 3.34. The van der Waals surface area contributed by atoms with Crippen LogP contribution in [0.2, 0.25) is 0 Å². The standard InChI is InChI=1S/C14H16N2O3S/c17-13(18)9-11-10-20-14(16-11)15-7-4-8-19-12-5-2-1-3-6-12/h1-3,5-6,10H,4,7-9H2,(H,15,16)(H,17,18). The molecular formula is C14H16N2O3S. The van der Waals surface area contributed by atoms with Crippen LogP contribution in [-0.4, -0.2) is 29.2 Å². The van der Waals surface area contributed by atoms with Crippen molar-refractivity contribution in [3.8, 4) is 5.75 Å². The molecule has 0 saturated heterocycles. The maximum atomic E-state index is 10.5. The van der Waals surface area contributed by atoms with E-state index in [1.165, 1.54) is 11.3 Å². The van der Waals surface area contributed by atoms with E-state index in [0.29, 0.717) is 12.3 Å². The first-order valence-electron chi connectivity index (χ1n) is 6.32. The predicted molar refractivity (Wildman–Crippen MR) is 78.5 cm³/mol. The van der Waals surface area contributed by atoms with Gasteiger partial charge in [0, 0.05) is 11.9 Å². The molecule has 0 aliphatic carbocycles. The number of rotatable bonds is 8. The fourth-order valence-corrected chi connectivity index (χ4v) is 2.34. The lowest BCUT2D eigenvalue weighted by molar-refractivity contribution is -0.136. The van der Waals surface area contributed by atoms with Crippen LogP contribution >= 0.6 is 11.3 Å². The third kappa shape index (κ3) is 4.89. The molecule has 0 aliphatic heterocycles. The molecule has 0 spiro atoms. The van der Waals surface area contributed by atoms with Crippen molar-refractivity contribution in [3.63, 3.8) is 0 Å². The van der Waals surface area contributed by atoms with E-state index >= 15 is 0 Å². The summed E-state index contributed by atoms with van der Waals surface area (Å²) in [6, 6.07) is 9.67. The molecule has 0 aliphatic rings. The average molecular weight is 292 g/mol. The average Bonchev–Trinajstić information content (AvgIpc) is 2.86. The zero-order valence-electron chi connectivity index (χ0n) is 10.9. The van der Waals surface area contributed by atoms with E-state index in [4.69, 9.17) is 9.84 Å². The van der Waals surface area contributed by atoms with Crippen LogP contribution in [0.3, 0.4) is 0 Å². The van der Waals surface area contributed by atoms with Crippen molar-refractivity contribution in [3.05, 3.63) is 41.4 Å². The summed E-state index contributed by atoms with van der Waals surface area (Å²) in [4.78, 5) is 14.7. The number of carboxylic acid groups (broad SMARTS) is 1. The number of ether oxygens (including phenoxy) is 1. The van der Waals surface area contributed by atoms with Gasteiger partial charge in [0.05, 0.1) is 18.7 Å². The second-order valence-electron chi connectivity index (χ2n) is 4.16. The lowest BCUT2D eigenvalue weighted by atomic mass is 10.3. The summed E-state index contributed by atoms with van der Waals surface area (Å²) in [5.74, 6) is 0.00334. The van der Waals surface area contributed by atoms with Gasteiger partial charge in [-0.15, -0.1) is 11.3 Å². The molecule has 2 rings (SSSR count). The molecule has 1 heterocycles. The van der Waals surface area contributed by atoms with Crippen molar-refractivity contribution in [1.82, 2.24) is 4.98 Å². The normalized spacial score (nSPS) is 10.2. The van der Waals surface area contributed by atoms with Gasteiger partial charge in [0.25, 0.3) is 0 Å². The largest absolute Gasteiger partial charge is 0.494 e. The van der Waals surface area contributed by atoms with Gasteiger partial charge in [-0.3, -0.25) is 4.79 Å². The van der Waals surface area contributed by atoms with Gasteiger partial charge in [0.15, 0.2) is 5.13 Å². The first-order valence-corrected chi connectivity index (χ1v) is 7.20. The molecule has 1 aromatic carbocycles. The van der Waals surface area contributed by atoms with E-state index in [0.717, 1.165) is 23.8 Å². The smallest absolute Gasteiger partial charge is 0.309 e. The lowest BCUT2D eigenvalue weighted by Crippen LogP contribution is -2.07. The van der Waals surface area contributed by atoms with Gasteiger partial charge in [-0.2, -0.15) is 0 Å². The Morgan fingerprint density at radius 1 is 1.35 bits per heavy atom. The third-order valence-electron chi connectivity index (χ3n) is 2.49. The minimum Gasteiger partial charge on any atom is -0.494 e. The highest BCUT2D eigenvalue weighted by Gasteiger charge is 2.05. The summed E-state index contributed by atoms with van der Waals surface area (Å²) < 4.78 is 5.57. The minimum absolute atomic E-state index is 0.0324. The van der Waals surface area contributed by atoms with Crippen molar-refractivity contribution >= 4 is 22.4 Å². The molecule has 0 atom stereocenters. The van der Waals surface area contributed by atoms with Crippen LogP contribution < -0.4 is 10.1 Å². The second kappa shape index (κ2) is 7.49. The Kier molecular flexibility index (Phi) is 5.37. The van der Waals surface area contributed by atoms with E-state index in [9.17, 15) is 4.79 Å². The molecule has 0 amide bonds. The maximum Gasteiger partial charge on any atom is 0.309 e. The molecule has 0 unspecified atom stereocenters. The van der Waals surface area contributed by atoms with E-state index < -0.39 is 5.97 Å². The minimum atomic E-state index is -0.863. The highest BCUT2D eigenvalue weighted by molar-refractivity contribution is 7.13. The zero-order valence-corrected chi connectivity index (χ0v) is 11.7. The number of hydrogen-bond donors (Lipinski definition) is 2. The van der Waals surface area contributed by atoms with E-state index in [1.54, 1.807) is 5.38 Å². The number of carboxylic acids is 1. The number of carbonyl (C=O) groups is 1. The van der Waals surface area contributed by atoms with Crippen LogP contribution in [0.1, 0.15) is 12.1 Å². The maximum absolute atomic E-state index is 10.5. The van der Waals surface area contributed by atoms with Gasteiger partial charge in [0.2, 0.25) is 0 Å². The summed E-state index contributed by atoms with van der Waals surface area (Å²) >= 11 is 1.42. The monoisotopic (exact) mass is 292 g/mol. The molecule has 0 radical (unpaired) electrons. The molecule has 1 aromatic heterocycles. The topological polar surface area (TPSA) is 71.5 Å². The molecule has 0 fully saturated rings. The van der Waals surface area contributed by atoms with Crippen LogP contribution in [0.25, 0.3) is 0 Å². The number of aromatic nitrogens is 1. The summed E-state index contributed by atoms with van der Waals surface area (Å²) in [6.45, 7) is 1.37.